The van der Waals surface area contributed by atoms with Gasteiger partial charge in [0.05, 0.1) is 0 Å². The van der Waals surface area contributed by atoms with E-state index in [1.165, 1.54) is 64.5 Å². The van der Waals surface area contributed by atoms with Gasteiger partial charge in [-0.25, -0.2) is 9.97 Å². The summed E-state index contributed by atoms with van der Waals surface area (Å²) >= 11 is 6.29. The molecule has 5 nitrogen and oxygen atoms in total. The molecule has 1 aromatic rings. The van der Waals surface area contributed by atoms with Crippen molar-refractivity contribution in [1.82, 2.24) is 14.9 Å². The van der Waals surface area contributed by atoms with E-state index in [-0.39, 0.29) is 0 Å². The number of hydrogen-bond acceptors (Lipinski definition) is 5. The van der Waals surface area contributed by atoms with Gasteiger partial charge >= 0.3 is 0 Å². The van der Waals surface area contributed by atoms with Gasteiger partial charge in [0, 0.05) is 19.6 Å². The Labute approximate surface area is 137 Å². The maximum Gasteiger partial charge on any atom is 0.153 e. The summed E-state index contributed by atoms with van der Waals surface area (Å²) < 4.78 is 0. The van der Waals surface area contributed by atoms with Gasteiger partial charge in [0.1, 0.15) is 17.2 Å². The minimum Gasteiger partial charge on any atom is -0.382 e. The Balaban J connectivity index is 1.62. The number of nitrogens with zero attached hydrogens (tertiary/aromatic N) is 4. The van der Waals surface area contributed by atoms with Crippen LogP contribution in [0.4, 0.5) is 11.6 Å². The van der Waals surface area contributed by atoms with E-state index in [9.17, 15) is 0 Å². The molecule has 2 N–H and O–H groups in total. The first-order chi connectivity index (χ1) is 10.7. The number of halogens is 1. The topological polar surface area (TPSA) is 58.3 Å². The number of anilines is 2. The maximum absolute atomic E-state index is 6.29. The molecule has 0 saturated carbocycles. The third-order valence-electron chi connectivity index (χ3n) is 4.83. The summed E-state index contributed by atoms with van der Waals surface area (Å²) in [6, 6.07) is 0. The Hall–Kier alpha value is -1.07. The Kier molecular flexibility index (Phi) is 5.37. The zero-order chi connectivity index (χ0) is 15.4. The normalized spacial score (nSPS) is 24.2. The molecule has 3 rings (SSSR count). The highest BCUT2D eigenvalue weighted by atomic mass is 35.5. The fraction of sp³-hybridized carbons (Fsp3) is 0.750. The second kappa shape index (κ2) is 7.47. The van der Waals surface area contributed by atoms with Crippen LogP contribution in [0, 0.1) is 5.92 Å². The molecule has 0 amide bonds. The van der Waals surface area contributed by atoms with Crippen LogP contribution in [0.5, 0.6) is 0 Å². The SMILES string of the molecule is Nc1ncnc(N2CCCC(CN3CCCCCC3)C2)c1Cl. The van der Waals surface area contributed by atoms with Gasteiger partial charge in [-0.1, -0.05) is 24.4 Å². The van der Waals surface area contributed by atoms with Crippen molar-refractivity contribution in [2.75, 3.05) is 43.4 Å². The first-order valence-corrected chi connectivity index (χ1v) is 8.85. The molecule has 3 heterocycles. The van der Waals surface area contributed by atoms with E-state index >= 15 is 0 Å². The van der Waals surface area contributed by atoms with Crippen LogP contribution < -0.4 is 10.6 Å². The van der Waals surface area contributed by atoms with Crippen LogP contribution in [-0.2, 0) is 0 Å². The lowest BCUT2D eigenvalue weighted by Crippen LogP contribution is -2.41. The van der Waals surface area contributed by atoms with Crippen molar-refractivity contribution in [3.05, 3.63) is 11.3 Å². The summed E-state index contributed by atoms with van der Waals surface area (Å²) in [6.07, 6.45) is 9.49. The molecule has 1 atom stereocenters. The van der Waals surface area contributed by atoms with Gasteiger partial charge in [0.25, 0.3) is 0 Å². The average molecular weight is 324 g/mol. The van der Waals surface area contributed by atoms with E-state index in [4.69, 9.17) is 17.3 Å². The number of piperidine rings is 1. The molecule has 2 aliphatic heterocycles. The molecule has 0 radical (unpaired) electrons. The molecule has 1 unspecified atom stereocenters. The number of aromatic nitrogens is 2. The van der Waals surface area contributed by atoms with Gasteiger partial charge in [-0.2, -0.15) is 0 Å². The minimum absolute atomic E-state index is 0.376. The molecule has 2 fully saturated rings. The quantitative estimate of drug-likeness (QED) is 0.927. The summed E-state index contributed by atoms with van der Waals surface area (Å²) in [5, 5.41) is 0.498. The molecular formula is C16H26ClN5. The predicted octanol–water partition coefficient (Wildman–Crippen LogP) is 2.80. The monoisotopic (exact) mass is 323 g/mol. The third kappa shape index (κ3) is 3.82. The number of likely N-dealkylation sites (tertiary alicyclic amines) is 1. The van der Waals surface area contributed by atoms with Gasteiger partial charge in [0.15, 0.2) is 5.82 Å². The van der Waals surface area contributed by atoms with Gasteiger partial charge in [0.2, 0.25) is 0 Å². The van der Waals surface area contributed by atoms with E-state index in [0.717, 1.165) is 18.9 Å². The first-order valence-electron chi connectivity index (χ1n) is 8.47. The van der Waals surface area contributed by atoms with Crippen LogP contribution in [-0.4, -0.2) is 47.6 Å². The van der Waals surface area contributed by atoms with Crippen LogP contribution in [0.15, 0.2) is 6.33 Å². The Morgan fingerprint density at radius 2 is 1.86 bits per heavy atom. The van der Waals surface area contributed by atoms with Crippen molar-refractivity contribution >= 4 is 23.2 Å². The predicted molar refractivity (Wildman–Crippen MR) is 91.3 cm³/mol. The fourth-order valence-electron chi connectivity index (χ4n) is 3.68. The van der Waals surface area contributed by atoms with Gasteiger partial charge in [-0.3, -0.25) is 0 Å². The zero-order valence-electron chi connectivity index (χ0n) is 13.2. The lowest BCUT2D eigenvalue weighted by molar-refractivity contribution is 0.222. The smallest absolute Gasteiger partial charge is 0.153 e. The Morgan fingerprint density at radius 1 is 1.09 bits per heavy atom. The van der Waals surface area contributed by atoms with Crippen LogP contribution in [0.2, 0.25) is 5.02 Å². The van der Waals surface area contributed by atoms with Crippen molar-refractivity contribution in [2.24, 2.45) is 5.92 Å². The molecular weight excluding hydrogens is 298 g/mol. The van der Waals surface area contributed by atoms with E-state index in [1.54, 1.807) is 0 Å². The average Bonchev–Trinajstić information content (AvgIpc) is 2.79. The van der Waals surface area contributed by atoms with Gasteiger partial charge in [-0.05, 0) is 44.7 Å². The summed E-state index contributed by atoms with van der Waals surface area (Å²) in [5.74, 6) is 1.87. The van der Waals surface area contributed by atoms with Crippen molar-refractivity contribution in [3.8, 4) is 0 Å². The van der Waals surface area contributed by atoms with Crippen molar-refractivity contribution in [2.45, 2.75) is 38.5 Å². The Morgan fingerprint density at radius 3 is 2.64 bits per heavy atom. The largest absolute Gasteiger partial charge is 0.382 e. The molecule has 0 bridgehead atoms. The standard InChI is InChI=1S/C16H26ClN5/c17-14-15(18)19-12-20-16(14)22-9-5-6-13(11-22)10-21-7-3-1-2-4-8-21/h12-13H,1-11H2,(H2,18,19,20). The van der Waals surface area contributed by atoms with Crippen LogP contribution >= 0.6 is 11.6 Å². The molecule has 2 saturated heterocycles. The lowest BCUT2D eigenvalue weighted by atomic mass is 9.97. The van der Waals surface area contributed by atoms with Gasteiger partial charge in [-0.15, -0.1) is 0 Å². The summed E-state index contributed by atoms with van der Waals surface area (Å²) in [5.41, 5.74) is 5.81. The molecule has 22 heavy (non-hydrogen) atoms. The second-order valence-electron chi connectivity index (χ2n) is 6.57. The van der Waals surface area contributed by atoms with Gasteiger partial charge < -0.3 is 15.5 Å². The van der Waals surface area contributed by atoms with Crippen molar-refractivity contribution in [1.29, 1.82) is 0 Å². The zero-order valence-corrected chi connectivity index (χ0v) is 13.9. The molecule has 6 heteroatoms. The highest BCUT2D eigenvalue weighted by molar-refractivity contribution is 6.35. The Bertz CT molecular complexity index is 487. The molecule has 0 spiro atoms. The van der Waals surface area contributed by atoms with Crippen molar-refractivity contribution in [3.63, 3.8) is 0 Å². The molecule has 122 valence electrons. The minimum atomic E-state index is 0.376. The highest BCUT2D eigenvalue weighted by Gasteiger charge is 2.25. The number of nitrogen functional groups attached to an aromatic ring is 1. The van der Waals surface area contributed by atoms with E-state index in [0.29, 0.717) is 16.8 Å². The van der Waals surface area contributed by atoms with Crippen LogP contribution in [0.3, 0.4) is 0 Å². The number of nitrogens with two attached hydrogens (primary N) is 1. The number of hydrogen-bond donors (Lipinski definition) is 1. The van der Waals surface area contributed by atoms with Crippen LogP contribution in [0.1, 0.15) is 38.5 Å². The number of rotatable bonds is 3. The van der Waals surface area contributed by atoms with Crippen molar-refractivity contribution < 1.29 is 0 Å². The maximum atomic E-state index is 6.29. The summed E-state index contributed by atoms with van der Waals surface area (Å²) in [7, 11) is 0. The fourth-order valence-corrected chi connectivity index (χ4v) is 3.90. The highest BCUT2D eigenvalue weighted by Crippen LogP contribution is 2.30. The molecule has 2 aliphatic rings. The molecule has 1 aromatic heterocycles. The third-order valence-corrected chi connectivity index (χ3v) is 5.19. The summed E-state index contributed by atoms with van der Waals surface area (Å²) in [4.78, 5) is 13.2. The first kappa shape index (κ1) is 15.8. The molecule has 0 aliphatic carbocycles. The second-order valence-corrected chi connectivity index (χ2v) is 6.94. The van der Waals surface area contributed by atoms with Crippen LogP contribution in [0.25, 0.3) is 0 Å². The lowest BCUT2D eigenvalue weighted by Gasteiger charge is -2.36. The van der Waals surface area contributed by atoms with E-state index in [1.807, 2.05) is 0 Å². The van der Waals surface area contributed by atoms with E-state index < -0.39 is 0 Å². The molecule has 0 aromatic carbocycles. The van der Waals surface area contributed by atoms with E-state index in [2.05, 4.69) is 19.8 Å². The summed E-state index contributed by atoms with van der Waals surface area (Å²) in [6.45, 7) is 5.75.